The second-order valence-corrected chi connectivity index (χ2v) is 8.69. The molecule has 1 atom stereocenters. The fourth-order valence-corrected chi connectivity index (χ4v) is 4.83. The third kappa shape index (κ3) is 3.56. The van der Waals surface area contributed by atoms with E-state index in [-0.39, 0.29) is 29.4 Å². The van der Waals surface area contributed by atoms with Gasteiger partial charge in [0.2, 0.25) is 5.91 Å². The molecule has 2 saturated heterocycles. The molecule has 4 rings (SSSR count). The third-order valence-corrected chi connectivity index (χ3v) is 6.65. The van der Waals surface area contributed by atoms with E-state index in [1.54, 1.807) is 0 Å². The molecule has 3 heterocycles. The van der Waals surface area contributed by atoms with Crippen molar-refractivity contribution in [2.24, 2.45) is 5.41 Å². The number of amides is 2. The molecule has 0 N–H and O–H groups in total. The van der Waals surface area contributed by atoms with Gasteiger partial charge in [0.25, 0.3) is 5.91 Å². The zero-order valence-corrected chi connectivity index (χ0v) is 16.4. The molecule has 5 nitrogen and oxygen atoms in total. The van der Waals surface area contributed by atoms with Crippen LogP contribution in [-0.2, 0) is 16.0 Å². The molecule has 1 aromatic rings. The van der Waals surface area contributed by atoms with Crippen molar-refractivity contribution in [3.8, 4) is 5.75 Å². The smallest absolute Gasteiger partial charge is 0.263 e. The Kier molecular flexibility index (Phi) is 4.87. The zero-order chi connectivity index (χ0) is 19.0. The van der Waals surface area contributed by atoms with Gasteiger partial charge in [-0.3, -0.25) is 9.59 Å². The maximum absolute atomic E-state index is 13.0. The lowest BCUT2D eigenvalue weighted by Gasteiger charge is -2.49. The van der Waals surface area contributed by atoms with E-state index in [0.29, 0.717) is 6.42 Å². The van der Waals surface area contributed by atoms with Gasteiger partial charge in [0, 0.05) is 32.1 Å². The molecule has 0 unspecified atom stereocenters. The van der Waals surface area contributed by atoms with Crippen LogP contribution in [0.3, 0.4) is 0 Å². The third-order valence-electron chi connectivity index (χ3n) is 6.65. The topological polar surface area (TPSA) is 49.9 Å². The van der Waals surface area contributed by atoms with Crippen molar-refractivity contribution in [2.45, 2.75) is 64.5 Å². The number of fused-ring (bicyclic) bond motifs is 1. The second-order valence-electron chi connectivity index (χ2n) is 8.69. The quantitative estimate of drug-likeness (QED) is 0.804. The largest absolute Gasteiger partial charge is 0.480 e. The first kappa shape index (κ1) is 18.3. The number of ether oxygens (including phenoxy) is 1. The predicted molar refractivity (Wildman–Crippen MR) is 104 cm³/mol. The van der Waals surface area contributed by atoms with Crippen LogP contribution in [0.15, 0.2) is 24.3 Å². The predicted octanol–water partition coefficient (Wildman–Crippen LogP) is 3.02. The number of rotatable bonds is 2. The van der Waals surface area contributed by atoms with Crippen LogP contribution in [0, 0.1) is 5.41 Å². The molecule has 0 bridgehead atoms. The second kappa shape index (κ2) is 7.17. The molecule has 0 radical (unpaired) electrons. The number of aryl methyl sites for hydroxylation is 1. The van der Waals surface area contributed by atoms with E-state index in [1.807, 2.05) is 28.0 Å². The van der Waals surface area contributed by atoms with Crippen LogP contribution in [0.25, 0.3) is 0 Å². The van der Waals surface area contributed by atoms with Crippen LogP contribution in [0.5, 0.6) is 5.75 Å². The number of likely N-dealkylation sites (tertiary alicyclic amines) is 2. The van der Waals surface area contributed by atoms with Gasteiger partial charge in [0.15, 0.2) is 6.10 Å². The lowest BCUT2D eigenvalue weighted by molar-refractivity contribution is -0.147. The summed E-state index contributed by atoms with van der Waals surface area (Å²) in [5, 5.41) is 0. The van der Waals surface area contributed by atoms with Crippen molar-refractivity contribution in [1.82, 2.24) is 9.80 Å². The Morgan fingerprint density at radius 2 is 1.89 bits per heavy atom. The van der Waals surface area contributed by atoms with Crippen LogP contribution in [0.2, 0.25) is 0 Å². The molecular formula is C22H30N2O3. The van der Waals surface area contributed by atoms with E-state index in [2.05, 4.69) is 19.9 Å². The number of hydrogen-bond donors (Lipinski definition) is 0. The van der Waals surface area contributed by atoms with E-state index in [4.69, 9.17) is 4.74 Å². The maximum Gasteiger partial charge on any atom is 0.263 e. The first-order valence-electron chi connectivity index (χ1n) is 10.3. The highest BCUT2D eigenvalue weighted by atomic mass is 16.5. The van der Waals surface area contributed by atoms with Crippen molar-refractivity contribution in [3.05, 3.63) is 29.8 Å². The Bertz CT molecular complexity index is 722. The minimum atomic E-state index is -0.353. The number of para-hydroxylation sites is 1. The summed E-state index contributed by atoms with van der Waals surface area (Å²) in [6.07, 6.45) is 4.88. The van der Waals surface area contributed by atoms with Gasteiger partial charge in [-0.05, 0) is 63.0 Å². The van der Waals surface area contributed by atoms with Crippen LogP contribution in [0.4, 0.5) is 0 Å². The highest BCUT2D eigenvalue weighted by Crippen LogP contribution is 2.41. The summed E-state index contributed by atoms with van der Waals surface area (Å²) in [4.78, 5) is 29.2. The van der Waals surface area contributed by atoms with Gasteiger partial charge >= 0.3 is 0 Å². The number of hydrogen-bond acceptors (Lipinski definition) is 3. The molecule has 0 aromatic heterocycles. The van der Waals surface area contributed by atoms with Gasteiger partial charge in [-0.1, -0.05) is 18.2 Å². The van der Waals surface area contributed by atoms with Crippen LogP contribution < -0.4 is 4.74 Å². The summed E-state index contributed by atoms with van der Waals surface area (Å²) in [7, 11) is 0. The summed E-state index contributed by atoms with van der Waals surface area (Å²) >= 11 is 0. The molecule has 146 valence electrons. The molecule has 3 aliphatic heterocycles. The van der Waals surface area contributed by atoms with E-state index in [9.17, 15) is 9.59 Å². The van der Waals surface area contributed by atoms with Gasteiger partial charge in [-0.2, -0.15) is 0 Å². The number of nitrogens with zero attached hydrogens (tertiary/aromatic N) is 2. The Hall–Kier alpha value is -2.04. The van der Waals surface area contributed by atoms with Crippen LogP contribution >= 0.6 is 0 Å². The Labute approximate surface area is 161 Å². The monoisotopic (exact) mass is 370 g/mol. The van der Waals surface area contributed by atoms with Crippen molar-refractivity contribution < 1.29 is 14.3 Å². The first-order chi connectivity index (χ1) is 13.0. The average molecular weight is 370 g/mol. The van der Waals surface area contributed by atoms with E-state index in [0.717, 1.165) is 57.5 Å². The molecule has 1 spiro atoms. The molecule has 2 amide bonds. The summed E-state index contributed by atoms with van der Waals surface area (Å²) in [6.45, 7) is 6.58. The first-order valence-corrected chi connectivity index (χ1v) is 10.3. The molecule has 27 heavy (non-hydrogen) atoms. The van der Waals surface area contributed by atoms with Crippen LogP contribution in [0.1, 0.15) is 51.5 Å². The van der Waals surface area contributed by atoms with Gasteiger partial charge in [0.1, 0.15) is 5.75 Å². The highest BCUT2D eigenvalue weighted by Gasteiger charge is 2.43. The minimum absolute atomic E-state index is 0.131. The molecule has 0 aliphatic carbocycles. The highest BCUT2D eigenvalue weighted by molar-refractivity contribution is 5.82. The molecular weight excluding hydrogens is 340 g/mol. The normalized spacial score (nSPS) is 24.7. The van der Waals surface area contributed by atoms with Gasteiger partial charge < -0.3 is 14.5 Å². The van der Waals surface area contributed by atoms with Crippen LogP contribution in [-0.4, -0.2) is 53.4 Å². The summed E-state index contributed by atoms with van der Waals surface area (Å²) in [6, 6.07) is 8.26. The van der Waals surface area contributed by atoms with Gasteiger partial charge in [0.05, 0.1) is 0 Å². The van der Waals surface area contributed by atoms with Crippen molar-refractivity contribution in [1.29, 1.82) is 0 Å². The molecule has 1 aromatic carbocycles. The van der Waals surface area contributed by atoms with Gasteiger partial charge in [-0.15, -0.1) is 0 Å². The summed E-state index contributed by atoms with van der Waals surface area (Å²) in [5.41, 5.74) is 1.38. The zero-order valence-electron chi connectivity index (χ0n) is 16.4. The van der Waals surface area contributed by atoms with E-state index < -0.39 is 0 Å². The standard InChI is InChI=1S/C22H30N2O3/c1-16(2)24-15-22(10-9-20(24)25)11-13-23(14-12-22)21(26)19-8-7-17-5-3-4-6-18(17)27-19/h3-6,16,19H,7-15H2,1-2H3/t19-/m0/s1. The lowest BCUT2D eigenvalue weighted by atomic mass is 9.72. The minimum Gasteiger partial charge on any atom is -0.480 e. The lowest BCUT2D eigenvalue weighted by Crippen LogP contribution is -2.55. The Balaban J connectivity index is 1.37. The van der Waals surface area contributed by atoms with Crippen molar-refractivity contribution in [2.75, 3.05) is 19.6 Å². The van der Waals surface area contributed by atoms with E-state index >= 15 is 0 Å². The molecule has 0 saturated carbocycles. The average Bonchev–Trinajstić information content (AvgIpc) is 2.69. The number of carbonyl (C=O) groups excluding carboxylic acids is 2. The molecule has 3 aliphatic rings. The fraction of sp³-hybridized carbons (Fsp3) is 0.636. The summed E-state index contributed by atoms with van der Waals surface area (Å²) < 4.78 is 6.00. The Morgan fingerprint density at radius 1 is 1.15 bits per heavy atom. The summed E-state index contributed by atoms with van der Waals surface area (Å²) in [5.74, 6) is 1.27. The van der Waals surface area contributed by atoms with Gasteiger partial charge in [-0.25, -0.2) is 0 Å². The Morgan fingerprint density at radius 3 is 2.63 bits per heavy atom. The number of piperidine rings is 2. The number of benzene rings is 1. The number of carbonyl (C=O) groups is 2. The molecule has 5 heteroatoms. The fourth-order valence-electron chi connectivity index (χ4n) is 4.83. The SMILES string of the molecule is CC(C)N1CC2(CCC1=O)CCN(C(=O)[C@@H]1CCc3ccccc3O1)CC2. The van der Waals surface area contributed by atoms with Crippen molar-refractivity contribution in [3.63, 3.8) is 0 Å². The van der Waals surface area contributed by atoms with Crippen molar-refractivity contribution >= 4 is 11.8 Å². The molecule has 2 fully saturated rings. The van der Waals surface area contributed by atoms with E-state index in [1.165, 1.54) is 5.56 Å². The maximum atomic E-state index is 13.0.